The van der Waals surface area contributed by atoms with Crippen LogP contribution in [0.25, 0.3) is 6.08 Å². The molecule has 0 radical (unpaired) electrons. The molecular formula is C13H15NO4. The molecule has 0 fully saturated rings. The molecule has 0 aliphatic carbocycles. The molecule has 1 unspecified atom stereocenters. The first-order valence-corrected chi connectivity index (χ1v) is 5.51. The van der Waals surface area contributed by atoms with E-state index in [2.05, 4.69) is 5.32 Å². The quantitative estimate of drug-likeness (QED) is 0.646. The highest BCUT2D eigenvalue weighted by Crippen LogP contribution is 2.01. The lowest BCUT2D eigenvalue weighted by atomic mass is 10.2. The van der Waals surface area contributed by atoms with E-state index in [0.717, 1.165) is 5.56 Å². The predicted octanol–water partition coefficient (Wildman–Crippen LogP) is 0.652. The molecule has 0 spiro atoms. The Balaban J connectivity index is 2.55. The minimum atomic E-state index is -1.16. The minimum Gasteiger partial charge on any atom is -0.480 e. The molecule has 0 aliphatic heterocycles. The fourth-order valence-electron chi connectivity index (χ4n) is 1.34. The summed E-state index contributed by atoms with van der Waals surface area (Å²) in [7, 11) is 0. The van der Waals surface area contributed by atoms with Crippen molar-refractivity contribution >= 4 is 18.0 Å². The number of carboxylic acid groups (broad SMARTS) is 1. The van der Waals surface area contributed by atoms with Gasteiger partial charge in [0, 0.05) is 19.1 Å². The number of hydrogen-bond donors (Lipinski definition) is 3. The maximum Gasteiger partial charge on any atom is 0.326 e. The number of aliphatic carboxylic acids is 1. The number of hydrogen-bond acceptors (Lipinski definition) is 3. The van der Waals surface area contributed by atoms with Crippen molar-refractivity contribution in [3.8, 4) is 0 Å². The number of nitrogens with one attached hydrogen (secondary N) is 1. The highest BCUT2D eigenvalue weighted by molar-refractivity contribution is 5.94. The molecular weight excluding hydrogens is 234 g/mol. The van der Waals surface area contributed by atoms with Gasteiger partial charge in [0.25, 0.3) is 0 Å². The second-order valence-electron chi connectivity index (χ2n) is 3.66. The van der Waals surface area contributed by atoms with Gasteiger partial charge in [0.05, 0.1) is 0 Å². The van der Waals surface area contributed by atoms with Crippen molar-refractivity contribution in [1.29, 1.82) is 0 Å². The molecule has 0 aliphatic rings. The number of carbonyl (C=O) groups excluding carboxylic acids is 1. The lowest BCUT2D eigenvalue weighted by molar-refractivity contribution is -0.141. The highest BCUT2D eigenvalue weighted by Gasteiger charge is 2.17. The van der Waals surface area contributed by atoms with Gasteiger partial charge in [0.1, 0.15) is 6.04 Å². The molecule has 0 aromatic heterocycles. The smallest absolute Gasteiger partial charge is 0.326 e. The third-order valence-corrected chi connectivity index (χ3v) is 2.26. The van der Waals surface area contributed by atoms with E-state index < -0.39 is 17.9 Å². The topological polar surface area (TPSA) is 86.6 Å². The van der Waals surface area contributed by atoms with Gasteiger partial charge < -0.3 is 15.5 Å². The van der Waals surface area contributed by atoms with Crippen LogP contribution in [0, 0.1) is 0 Å². The van der Waals surface area contributed by atoms with Crippen LogP contribution in [0.5, 0.6) is 0 Å². The predicted molar refractivity (Wildman–Crippen MR) is 66.7 cm³/mol. The van der Waals surface area contributed by atoms with Crippen LogP contribution in [-0.4, -0.2) is 34.7 Å². The number of rotatable bonds is 6. The second-order valence-corrected chi connectivity index (χ2v) is 3.66. The molecule has 1 aromatic rings. The number of carbonyl (C=O) groups is 2. The third kappa shape index (κ3) is 4.80. The Morgan fingerprint density at radius 3 is 2.50 bits per heavy atom. The van der Waals surface area contributed by atoms with E-state index in [-0.39, 0.29) is 13.0 Å². The van der Waals surface area contributed by atoms with E-state index in [1.807, 2.05) is 30.3 Å². The summed E-state index contributed by atoms with van der Waals surface area (Å²) in [5, 5.41) is 19.8. The summed E-state index contributed by atoms with van der Waals surface area (Å²) < 4.78 is 0. The van der Waals surface area contributed by atoms with Gasteiger partial charge in [-0.25, -0.2) is 4.79 Å². The Morgan fingerprint density at radius 1 is 1.28 bits per heavy atom. The van der Waals surface area contributed by atoms with E-state index in [1.165, 1.54) is 6.08 Å². The summed E-state index contributed by atoms with van der Waals surface area (Å²) in [5.74, 6) is -1.66. The molecule has 0 saturated carbocycles. The van der Waals surface area contributed by atoms with Crippen molar-refractivity contribution in [2.45, 2.75) is 12.5 Å². The zero-order chi connectivity index (χ0) is 13.4. The van der Waals surface area contributed by atoms with E-state index in [4.69, 9.17) is 10.2 Å². The normalized spacial score (nSPS) is 12.3. The summed E-state index contributed by atoms with van der Waals surface area (Å²) in [6, 6.07) is 8.12. The molecule has 5 heteroatoms. The summed E-state index contributed by atoms with van der Waals surface area (Å²) in [6.07, 6.45) is 2.84. The molecule has 96 valence electrons. The first-order valence-electron chi connectivity index (χ1n) is 5.51. The molecule has 1 aromatic carbocycles. The van der Waals surface area contributed by atoms with Crippen molar-refractivity contribution in [2.24, 2.45) is 0 Å². The van der Waals surface area contributed by atoms with Gasteiger partial charge >= 0.3 is 5.97 Å². The van der Waals surface area contributed by atoms with Crippen LogP contribution in [0.15, 0.2) is 36.4 Å². The molecule has 1 atom stereocenters. The largest absolute Gasteiger partial charge is 0.480 e. The van der Waals surface area contributed by atoms with Crippen LogP contribution < -0.4 is 5.32 Å². The average molecular weight is 249 g/mol. The lowest BCUT2D eigenvalue weighted by Crippen LogP contribution is -2.40. The molecule has 0 bridgehead atoms. The van der Waals surface area contributed by atoms with Gasteiger partial charge in [-0.15, -0.1) is 0 Å². The SMILES string of the molecule is O=C(C=Cc1ccccc1)NC(CCO)C(=O)O. The van der Waals surface area contributed by atoms with Crippen molar-refractivity contribution < 1.29 is 19.8 Å². The molecule has 1 amide bonds. The van der Waals surface area contributed by atoms with Crippen molar-refractivity contribution in [1.82, 2.24) is 5.32 Å². The Hall–Kier alpha value is -2.14. The van der Waals surface area contributed by atoms with Crippen LogP contribution in [0.3, 0.4) is 0 Å². The number of aliphatic hydroxyl groups is 1. The summed E-state index contributed by atoms with van der Waals surface area (Å²) >= 11 is 0. The van der Waals surface area contributed by atoms with E-state index in [9.17, 15) is 9.59 Å². The zero-order valence-electron chi connectivity index (χ0n) is 9.74. The van der Waals surface area contributed by atoms with Crippen LogP contribution in [0.1, 0.15) is 12.0 Å². The number of amides is 1. The van der Waals surface area contributed by atoms with Crippen LogP contribution in [-0.2, 0) is 9.59 Å². The number of benzene rings is 1. The molecule has 0 heterocycles. The average Bonchev–Trinajstić information content (AvgIpc) is 2.37. The maximum atomic E-state index is 11.5. The Morgan fingerprint density at radius 2 is 1.94 bits per heavy atom. The van der Waals surface area contributed by atoms with Crippen LogP contribution in [0.4, 0.5) is 0 Å². The van der Waals surface area contributed by atoms with Gasteiger partial charge in [0.2, 0.25) is 5.91 Å². The molecule has 3 N–H and O–H groups in total. The third-order valence-electron chi connectivity index (χ3n) is 2.26. The monoisotopic (exact) mass is 249 g/mol. The van der Waals surface area contributed by atoms with Crippen molar-refractivity contribution in [3.63, 3.8) is 0 Å². The summed E-state index contributed by atoms with van der Waals surface area (Å²) in [4.78, 5) is 22.2. The number of aliphatic hydroxyl groups excluding tert-OH is 1. The van der Waals surface area contributed by atoms with Gasteiger partial charge in [0.15, 0.2) is 0 Å². The van der Waals surface area contributed by atoms with E-state index >= 15 is 0 Å². The van der Waals surface area contributed by atoms with E-state index in [1.54, 1.807) is 6.08 Å². The second kappa shape index (κ2) is 7.24. The Bertz CT molecular complexity index is 428. The molecule has 5 nitrogen and oxygen atoms in total. The summed E-state index contributed by atoms with van der Waals surface area (Å²) in [5.41, 5.74) is 0.849. The Labute approximate surface area is 105 Å². The number of carboxylic acids is 1. The minimum absolute atomic E-state index is 0.0136. The first kappa shape index (κ1) is 13.9. The van der Waals surface area contributed by atoms with Gasteiger partial charge in [-0.2, -0.15) is 0 Å². The standard InChI is InChI=1S/C13H15NO4/c15-9-8-11(13(17)18)14-12(16)7-6-10-4-2-1-3-5-10/h1-7,11,15H,8-9H2,(H,14,16)(H,17,18). The zero-order valence-corrected chi connectivity index (χ0v) is 9.74. The molecule has 1 rings (SSSR count). The summed E-state index contributed by atoms with van der Waals surface area (Å²) in [6.45, 7) is -0.292. The van der Waals surface area contributed by atoms with Crippen molar-refractivity contribution in [2.75, 3.05) is 6.61 Å². The molecule has 0 saturated heterocycles. The van der Waals surface area contributed by atoms with Gasteiger partial charge in [-0.1, -0.05) is 30.3 Å². The maximum absolute atomic E-state index is 11.5. The van der Waals surface area contributed by atoms with Gasteiger partial charge in [-0.3, -0.25) is 4.79 Å². The Kier molecular flexibility index (Phi) is 5.60. The highest BCUT2D eigenvalue weighted by atomic mass is 16.4. The fraction of sp³-hybridized carbons (Fsp3) is 0.231. The van der Waals surface area contributed by atoms with Crippen molar-refractivity contribution in [3.05, 3.63) is 42.0 Å². The van der Waals surface area contributed by atoms with Crippen LogP contribution in [0.2, 0.25) is 0 Å². The fourth-order valence-corrected chi connectivity index (χ4v) is 1.34. The lowest BCUT2D eigenvalue weighted by Gasteiger charge is -2.11. The van der Waals surface area contributed by atoms with Crippen LogP contribution >= 0.6 is 0 Å². The first-order chi connectivity index (χ1) is 8.63. The van der Waals surface area contributed by atoms with Gasteiger partial charge in [-0.05, 0) is 11.6 Å². The molecule has 18 heavy (non-hydrogen) atoms. The van der Waals surface area contributed by atoms with E-state index in [0.29, 0.717) is 0 Å².